The molecule has 104 valence electrons. The van der Waals surface area contributed by atoms with Crippen LogP contribution in [0.25, 0.3) is 21.8 Å². The van der Waals surface area contributed by atoms with Crippen molar-refractivity contribution in [2.24, 2.45) is 0 Å². The lowest BCUT2D eigenvalue weighted by Gasteiger charge is -2.00. The summed E-state index contributed by atoms with van der Waals surface area (Å²) in [5.74, 6) is 0. The van der Waals surface area contributed by atoms with E-state index in [1.54, 1.807) is 18.2 Å². The highest BCUT2D eigenvalue weighted by atomic mass is 79.9. The van der Waals surface area contributed by atoms with Gasteiger partial charge in [0.2, 0.25) is 0 Å². The fourth-order valence-electron chi connectivity index (χ4n) is 2.01. The van der Waals surface area contributed by atoms with Gasteiger partial charge in [-0.15, -0.1) is 11.3 Å². The van der Waals surface area contributed by atoms with Crippen molar-refractivity contribution in [2.75, 3.05) is 0 Å². The summed E-state index contributed by atoms with van der Waals surface area (Å²) in [4.78, 5) is 15.3. The molecule has 0 fully saturated rings. The maximum absolute atomic E-state index is 11.1. The van der Waals surface area contributed by atoms with Crippen LogP contribution in [0.15, 0.2) is 58.4 Å². The molecule has 0 bridgehead atoms. The van der Waals surface area contributed by atoms with Crippen molar-refractivity contribution in [1.82, 2.24) is 4.98 Å². The molecule has 0 saturated carbocycles. The number of benzene rings is 2. The van der Waals surface area contributed by atoms with Crippen LogP contribution in [0.2, 0.25) is 0 Å². The van der Waals surface area contributed by atoms with Crippen LogP contribution < -0.4 is 0 Å². The van der Waals surface area contributed by atoms with Gasteiger partial charge in [-0.05, 0) is 12.1 Å². The van der Waals surface area contributed by atoms with Crippen LogP contribution in [0.5, 0.6) is 0 Å². The predicted octanol–water partition coefficient (Wildman–Crippen LogP) is 5.15. The fraction of sp³-hybridized carbons (Fsp3) is 0. The van der Waals surface area contributed by atoms with Crippen LogP contribution in [-0.2, 0) is 0 Å². The molecule has 3 rings (SSSR count). The lowest BCUT2D eigenvalue weighted by atomic mass is 10.1. The van der Waals surface area contributed by atoms with Gasteiger partial charge >= 0.3 is 0 Å². The zero-order valence-corrected chi connectivity index (χ0v) is 13.1. The van der Waals surface area contributed by atoms with Gasteiger partial charge in [0, 0.05) is 21.5 Å². The van der Waals surface area contributed by atoms with Crippen molar-refractivity contribution >= 4 is 33.0 Å². The molecule has 0 unspecified atom stereocenters. The highest BCUT2D eigenvalue weighted by Gasteiger charge is 2.17. The Labute approximate surface area is 133 Å². The molecule has 1 heterocycles. The van der Waals surface area contributed by atoms with Crippen LogP contribution in [0.1, 0.15) is 0 Å². The predicted molar refractivity (Wildman–Crippen MR) is 87.3 cm³/mol. The number of halogens is 1. The molecule has 6 heteroatoms. The Kier molecular flexibility index (Phi) is 3.81. The van der Waals surface area contributed by atoms with Crippen molar-refractivity contribution < 1.29 is 4.92 Å². The average Bonchev–Trinajstić information content (AvgIpc) is 2.97. The molecule has 3 aromatic rings. The Morgan fingerprint density at radius 3 is 2.43 bits per heavy atom. The molecule has 0 saturated heterocycles. The summed E-state index contributed by atoms with van der Waals surface area (Å²) in [5, 5.41) is 13.8. The smallest absolute Gasteiger partial charge is 0.258 e. The van der Waals surface area contributed by atoms with E-state index in [0.29, 0.717) is 11.3 Å². The first-order chi connectivity index (χ1) is 10.2. The highest BCUT2D eigenvalue weighted by molar-refractivity contribution is 9.10. The molecule has 0 aliphatic heterocycles. The second-order valence-corrected chi connectivity index (χ2v) is 6.00. The van der Waals surface area contributed by atoms with Crippen LogP contribution in [0.3, 0.4) is 0 Å². The SMILES string of the molecule is O=[N+]([O-])c1ccccc1-c1csc(-c2ccccc2Br)n1. The molecule has 4 nitrogen and oxygen atoms in total. The third-order valence-electron chi connectivity index (χ3n) is 2.99. The number of thiazole rings is 1. The maximum atomic E-state index is 11.1. The fourth-order valence-corrected chi connectivity index (χ4v) is 3.47. The molecular weight excluding hydrogens is 352 g/mol. The van der Waals surface area contributed by atoms with Crippen molar-refractivity contribution in [1.29, 1.82) is 0 Å². The molecule has 2 aromatic carbocycles. The average molecular weight is 361 g/mol. The van der Waals surface area contributed by atoms with Gasteiger partial charge < -0.3 is 0 Å². The zero-order valence-electron chi connectivity index (χ0n) is 10.7. The highest BCUT2D eigenvalue weighted by Crippen LogP contribution is 2.35. The molecule has 0 aliphatic carbocycles. The van der Waals surface area contributed by atoms with Gasteiger partial charge in [0.15, 0.2) is 0 Å². The summed E-state index contributed by atoms with van der Waals surface area (Å²) < 4.78 is 0.952. The quantitative estimate of drug-likeness (QED) is 0.479. The Morgan fingerprint density at radius 1 is 1.05 bits per heavy atom. The number of rotatable bonds is 3. The van der Waals surface area contributed by atoms with E-state index in [9.17, 15) is 10.1 Å². The van der Waals surface area contributed by atoms with E-state index in [1.165, 1.54) is 17.4 Å². The minimum absolute atomic E-state index is 0.0708. The standard InChI is InChI=1S/C15H9BrN2O2S/c16-12-7-3-1-5-10(12)15-17-13(9-21-15)11-6-2-4-8-14(11)18(19)20/h1-9H. The lowest BCUT2D eigenvalue weighted by Crippen LogP contribution is -1.91. The third-order valence-corrected chi connectivity index (χ3v) is 4.55. The number of para-hydroxylation sites is 1. The molecule has 0 N–H and O–H groups in total. The molecule has 0 radical (unpaired) electrons. The van der Waals surface area contributed by atoms with Gasteiger partial charge in [0.25, 0.3) is 5.69 Å². The molecule has 21 heavy (non-hydrogen) atoms. The van der Waals surface area contributed by atoms with Gasteiger partial charge in [0.05, 0.1) is 16.2 Å². The summed E-state index contributed by atoms with van der Waals surface area (Å²) in [6.45, 7) is 0. The van der Waals surface area contributed by atoms with Gasteiger partial charge in [-0.1, -0.05) is 46.3 Å². The van der Waals surface area contributed by atoms with E-state index >= 15 is 0 Å². The first kappa shape index (κ1) is 13.9. The Bertz CT molecular complexity index is 817. The molecule has 1 aromatic heterocycles. The Morgan fingerprint density at radius 2 is 1.71 bits per heavy atom. The summed E-state index contributed by atoms with van der Waals surface area (Å²) >= 11 is 4.96. The second-order valence-electron chi connectivity index (χ2n) is 4.29. The number of aromatic nitrogens is 1. The van der Waals surface area contributed by atoms with Crippen LogP contribution >= 0.6 is 27.3 Å². The van der Waals surface area contributed by atoms with E-state index < -0.39 is 0 Å². The van der Waals surface area contributed by atoms with E-state index in [4.69, 9.17) is 0 Å². The van der Waals surface area contributed by atoms with Gasteiger partial charge in [-0.25, -0.2) is 4.98 Å². The van der Waals surface area contributed by atoms with Crippen LogP contribution in [-0.4, -0.2) is 9.91 Å². The Hall–Kier alpha value is -2.05. The Balaban J connectivity index is 2.08. The van der Waals surface area contributed by atoms with Crippen molar-refractivity contribution in [2.45, 2.75) is 0 Å². The number of nitrogens with zero attached hydrogens (tertiary/aromatic N) is 2. The van der Waals surface area contributed by atoms with Gasteiger partial charge in [0.1, 0.15) is 5.01 Å². The topological polar surface area (TPSA) is 56.0 Å². The third kappa shape index (κ3) is 2.72. The minimum Gasteiger partial charge on any atom is -0.258 e. The van der Waals surface area contributed by atoms with E-state index in [0.717, 1.165) is 15.0 Å². The van der Waals surface area contributed by atoms with Gasteiger partial charge in [-0.2, -0.15) is 0 Å². The number of hydrogen-bond acceptors (Lipinski definition) is 4. The largest absolute Gasteiger partial charge is 0.278 e. The summed E-state index contributed by atoms with van der Waals surface area (Å²) in [6, 6.07) is 14.4. The number of nitro benzene ring substituents is 1. The lowest BCUT2D eigenvalue weighted by molar-refractivity contribution is -0.384. The van der Waals surface area contributed by atoms with Gasteiger partial charge in [-0.3, -0.25) is 10.1 Å². The van der Waals surface area contributed by atoms with Crippen molar-refractivity contribution in [3.63, 3.8) is 0 Å². The number of hydrogen-bond donors (Lipinski definition) is 0. The van der Waals surface area contributed by atoms with Crippen LogP contribution in [0.4, 0.5) is 5.69 Å². The normalized spacial score (nSPS) is 10.5. The van der Waals surface area contributed by atoms with E-state index in [1.807, 2.05) is 29.6 Å². The second kappa shape index (κ2) is 5.75. The first-order valence-electron chi connectivity index (χ1n) is 6.11. The zero-order chi connectivity index (χ0) is 14.8. The summed E-state index contributed by atoms with van der Waals surface area (Å²) in [7, 11) is 0. The molecular formula is C15H9BrN2O2S. The van der Waals surface area contributed by atoms with E-state index in [-0.39, 0.29) is 10.6 Å². The number of nitro groups is 1. The van der Waals surface area contributed by atoms with Crippen molar-refractivity contribution in [3.05, 3.63) is 68.5 Å². The molecule has 0 amide bonds. The minimum atomic E-state index is -0.382. The molecule has 0 spiro atoms. The van der Waals surface area contributed by atoms with Crippen LogP contribution in [0, 0.1) is 10.1 Å². The molecule has 0 aliphatic rings. The molecule has 0 atom stereocenters. The summed E-state index contributed by atoms with van der Waals surface area (Å²) in [6.07, 6.45) is 0. The first-order valence-corrected chi connectivity index (χ1v) is 7.78. The van der Waals surface area contributed by atoms with E-state index in [2.05, 4.69) is 20.9 Å². The van der Waals surface area contributed by atoms with Crippen molar-refractivity contribution in [3.8, 4) is 21.8 Å². The summed E-state index contributed by atoms with van der Waals surface area (Å²) in [5.41, 5.74) is 2.21. The monoisotopic (exact) mass is 360 g/mol. The maximum Gasteiger partial charge on any atom is 0.278 e.